The van der Waals surface area contributed by atoms with Crippen molar-refractivity contribution in [1.29, 1.82) is 0 Å². The summed E-state index contributed by atoms with van der Waals surface area (Å²) in [4.78, 5) is 35.7. The molecule has 0 fully saturated rings. The van der Waals surface area contributed by atoms with E-state index < -0.39 is 16.9 Å². The molecule has 1 atom stereocenters. The van der Waals surface area contributed by atoms with Crippen LogP contribution in [0, 0.1) is 17.0 Å². The molecule has 1 aromatic heterocycles. The summed E-state index contributed by atoms with van der Waals surface area (Å²) in [5, 5.41) is 20.8. The van der Waals surface area contributed by atoms with E-state index in [2.05, 4.69) is 15.7 Å². The summed E-state index contributed by atoms with van der Waals surface area (Å²) in [7, 11) is 3.07. The maximum Gasteiger partial charge on any atom is 0.271 e. The fourth-order valence-electron chi connectivity index (χ4n) is 3.66. The molecule has 4 rings (SSSR count). The minimum absolute atomic E-state index is 0.136. The third-order valence-electron chi connectivity index (χ3n) is 5.41. The van der Waals surface area contributed by atoms with E-state index in [1.807, 2.05) is 6.07 Å². The summed E-state index contributed by atoms with van der Waals surface area (Å²) >= 11 is 0. The maximum absolute atomic E-state index is 12.7. The number of aryl methyl sites for hydroxylation is 1. The number of hydrogen-bond acceptors (Lipinski definition) is 7. The lowest BCUT2D eigenvalue weighted by molar-refractivity contribution is -0.384. The number of methoxy groups -OCH3 is 2. The van der Waals surface area contributed by atoms with Crippen molar-refractivity contribution in [3.63, 3.8) is 0 Å². The van der Waals surface area contributed by atoms with Gasteiger partial charge in [-0.1, -0.05) is 12.1 Å². The molecule has 2 amide bonds. The van der Waals surface area contributed by atoms with E-state index >= 15 is 0 Å². The summed E-state index contributed by atoms with van der Waals surface area (Å²) in [5.41, 5.74) is 2.27. The number of benzene rings is 2. The maximum atomic E-state index is 12.7. The summed E-state index contributed by atoms with van der Waals surface area (Å²) in [6.07, 6.45) is 1.42. The predicted molar refractivity (Wildman–Crippen MR) is 120 cm³/mol. The largest absolute Gasteiger partial charge is 0.493 e. The Kier molecular flexibility index (Phi) is 5.69. The van der Waals surface area contributed by atoms with Crippen molar-refractivity contribution >= 4 is 29.0 Å². The summed E-state index contributed by atoms with van der Waals surface area (Å²) < 4.78 is 12.1. The highest BCUT2D eigenvalue weighted by atomic mass is 16.6. The fraction of sp³-hybridized carbons (Fsp3) is 0.227. The van der Waals surface area contributed by atoms with Crippen molar-refractivity contribution < 1.29 is 24.0 Å². The van der Waals surface area contributed by atoms with E-state index in [0.29, 0.717) is 34.1 Å². The van der Waals surface area contributed by atoms with E-state index in [1.165, 1.54) is 23.9 Å². The molecule has 0 spiro atoms. The summed E-state index contributed by atoms with van der Waals surface area (Å²) in [6.45, 7) is 1.72. The quantitative estimate of drug-likeness (QED) is 0.415. The number of amides is 2. The zero-order valence-electron chi connectivity index (χ0n) is 18.1. The van der Waals surface area contributed by atoms with Gasteiger partial charge in [0.2, 0.25) is 5.91 Å². The first kappa shape index (κ1) is 21.8. The number of nitrogens with one attached hydrogen (secondary N) is 2. The Labute approximate surface area is 188 Å². The fourth-order valence-corrected chi connectivity index (χ4v) is 3.66. The number of non-ortho nitro benzene ring substituents is 1. The standard InChI is InChI=1S/C22H21N5O6/c1-12-4-6-14(27(30)31)9-16(12)24-20(28)10-17-22(29)25-21-15(11-23-26(17)21)13-5-7-18(32-2)19(8-13)33-3/h4-9,11,17H,10H2,1-3H3,(H,24,28)(H,25,29). The average molecular weight is 451 g/mol. The van der Waals surface area contributed by atoms with Gasteiger partial charge in [-0.2, -0.15) is 5.10 Å². The van der Waals surface area contributed by atoms with Crippen LogP contribution >= 0.6 is 0 Å². The highest BCUT2D eigenvalue weighted by Gasteiger charge is 2.35. The van der Waals surface area contributed by atoms with Crippen molar-refractivity contribution in [2.24, 2.45) is 0 Å². The Morgan fingerprint density at radius 2 is 1.97 bits per heavy atom. The van der Waals surface area contributed by atoms with Crippen LogP contribution in [0.3, 0.4) is 0 Å². The van der Waals surface area contributed by atoms with Crippen molar-refractivity contribution in [3.05, 3.63) is 58.3 Å². The Balaban J connectivity index is 1.56. The Bertz CT molecular complexity index is 1270. The van der Waals surface area contributed by atoms with Crippen LogP contribution in [0.1, 0.15) is 18.0 Å². The van der Waals surface area contributed by atoms with Gasteiger partial charge in [-0.15, -0.1) is 0 Å². The number of rotatable bonds is 7. The molecule has 1 aliphatic rings. The number of fused-ring (bicyclic) bond motifs is 1. The second-order valence-electron chi connectivity index (χ2n) is 7.43. The third-order valence-corrected chi connectivity index (χ3v) is 5.41. The zero-order chi connectivity index (χ0) is 23.7. The molecule has 0 radical (unpaired) electrons. The zero-order valence-corrected chi connectivity index (χ0v) is 18.1. The molecule has 0 saturated carbocycles. The first-order chi connectivity index (χ1) is 15.8. The summed E-state index contributed by atoms with van der Waals surface area (Å²) in [5.74, 6) is 0.736. The molecule has 2 N–H and O–H groups in total. The van der Waals surface area contributed by atoms with Gasteiger partial charge in [0, 0.05) is 17.7 Å². The van der Waals surface area contributed by atoms with Gasteiger partial charge in [-0.3, -0.25) is 19.7 Å². The van der Waals surface area contributed by atoms with Crippen molar-refractivity contribution in [1.82, 2.24) is 9.78 Å². The number of carbonyl (C=O) groups is 2. The molecule has 0 aliphatic carbocycles. The molecule has 11 nitrogen and oxygen atoms in total. The van der Waals surface area contributed by atoms with E-state index in [-0.39, 0.29) is 18.0 Å². The van der Waals surface area contributed by atoms with Gasteiger partial charge in [-0.05, 0) is 30.2 Å². The molecule has 3 aromatic rings. The van der Waals surface area contributed by atoms with Crippen LogP contribution in [0.5, 0.6) is 11.5 Å². The molecule has 11 heteroatoms. The van der Waals surface area contributed by atoms with Gasteiger partial charge in [0.05, 0.1) is 37.4 Å². The first-order valence-corrected chi connectivity index (χ1v) is 9.98. The molecule has 33 heavy (non-hydrogen) atoms. The van der Waals surface area contributed by atoms with Crippen molar-refractivity contribution in [2.45, 2.75) is 19.4 Å². The number of carbonyl (C=O) groups excluding carboxylic acids is 2. The van der Waals surface area contributed by atoms with Crippen molar-refractivity contribution in [3.8, 4) is 22.6 Å². The predicted octanol–water partition coefficient (Wildman–Crippen LogP) is 3.31. The molecule has 1 aliphatic heterocycles. The average Bonchev–Trinajstić information content (AvgIpc) is 3.33. The highest BCUT2D eigenvalue weighted by Crippen LogP contribution is 2.39. The monoisotopic (exact) mass is 451 g/mol. The van der Waals surface area contributed by atoms with Gasteiger partial charge < -0.3 is 20.1 Å². The molecule has 2 heterocycles. The number of ether oxygens (including phenoxy) is 2. The van der Waals surface area contributed by atoms with Crippen LogP contribution in [0.25, 0.3) is 11.1 Å². The van der Waals surface area contributed by atoms with E-state index in [9.17, 15) is 19.7 Å². The van der Waals surface area contributed by atoms with Crippen LogP contribution in [0.15, 0.2) is 42.6 Å². The molecule has 0 saturated heterocycles. The minimum Gasteiger partial charge on any atom is -0.493 e. The topological polar surface area (TPSA) is 138 Å². The number of hydrogen-bond donors (Lipinski definition) is 2. The van der Waals surface area contributed by atoms with Gasteiger partial charge in [0.1, 0.15) is 11.9 Å². The van der Waals surface area contributed by atoms with E-state index in [1.54, 1.807) is 38.4 Å². The van der Waals surface area contributed by atoms with Crippen LogP contribution in [-0.4, -0.2) is 40.7 Å². The normalized spacial score (nSPS) is 14.4. The third kappa shape index (κ3) is 4.07. The Hall–Kier alpha value is -4.41. The second kappa shape index (κ2) is 8.61. The number of anilines is 2. The van der Waals surface area contributed by atoms with E-state index in [0.717, 1.165) is 5.56 Å². The van der Waals surface area contributed by atoms with Crippen LogP contribution < -0.4 is 20.1 Å². The van der Waals surface area contributed by atoms with Crippen LogP contribution in [0.2, 0.25) is 0 Å². The molecule has 0 bridgehead atoms. The lowest BCUT2D eigenvalue weighted by atomic mass is 10.1. The summed E-state index contributed by atoms with van der Waals surface area (Å²) in [6, 6.07) is 8.69. The van der Waals surface area contributed by atoms with Crippen LogP contribution in [0.4, 0.5) is 17.2 Å². The molecular formula is C22H21N5O6. The first-order valence-electron chi connectivity index (χ1n) is 9.98. The van der Waals surface area contributed by atoms with Gasteiger partial charge in [0.15, 0.2) is 11.5 Å². The lowest BCUT2D eigenvalue weighted by Gasteiger charge is -2.11. The number of nitrogens with zero attached hydrogens (tertiary/aromatic N) is 3. The molecule has 2 aromatic carbocycles. The highest BCUT2D eigenvalue weighted by molar-refractivity contribution is 6.04. The molecule has 1 unspecified atom stereocenters. The van der Waals surface area contributed by atoms with Crippen molar-refractivity contribution in [2.75, 3.05) is 24.9 Å². The lowest BCUT2D eigenvalue weighted by Crippen LogP contribution is -2.23. The second-order valence-corrected chi connectivity index (χ2v) is 7.43. The number of nitro benzene ring substituents is 1. The van der Waals surface area contributed by atoms with Gasteiger partial charge >= 0.3 is 0 Å². The minimum atomic E-state index is -0.854. The van der Waals surface area contributed by atoms with Gasteiger partial charge in [0.25, 0.3) is 11.6 Å². The van der Waals surface area contributed by atoms with E-state index in [4.69, 9.17) is 9.47 Å². The smallest absolute Gasteiger partial charge is 0.271 e. The molecular weight excluding hydrogens is 430 g/mol. The molecule has 170 valence electrons. The van der Waals surface area contributed by atoms with Gasteiger partial charge in [-0.25, -0.2) is 4.68 Å². The number of aromatic nitrogens is 2. The van der Waals surface area contributed by atoms with Crippen LogP contribution in [-0.2, 0) is 9.59 Å². The Morgan fingerprint density at radius 1 is 1.21 bits per heavy atom. The number of nitro groups is 1. The SMILES string of the molecule is COc1ccc(-c2cnn3c2NC(=O)C3CC(=O)Nc2cc([N+](=O)[O-])ccc2C)cc1OC. The Morgan fingerprint density at radius 3 is 2.67 bits per heavy atom.